The quantitative estimate of drug-likeness (QED) is 0.447. The number of piperidine rings is 1. The van der Waals surface area contributed by atoms with E-state index in [1.165, 1.54) is 35.6 Å². The standard InChI is InChI=1S/C23H23N3O3S2/c1-15-11-16(2)14-26(13-15)31(28,29)18-9-7-17(8-10-18)22(27)19(12-24)23-25-20-5-3-4-6-21(20)30-23/h3-10,15-16,27H,11,13-14H2,1-2H3/b22-19+. The molecule has 1 saturated heterocycles. The molecule has 2 aromatic carbocycles. The number of nitriles is 1. The fourth-order valence-electron chi connectivity index (χ4n) is 4.06. The second-order valence-corrected chi connectivity index (χ2v) is 11.1. The minimum absolute atomic E-state index is 0.0653. The van der Waals surface area contributed by atoms with E-state index in [4.69, 9.17) is 0 Å². The molecule has 160 valence electrons. The summed E-state index contributed by atoms with van der Waals surface area (Å²) in [6, 6.07) is 15.6. The van der Waals surface area contributed by atoms with E-state index in [-0.39, 0.29) is 16.2 Å². The van der Waals surface area contributed by atoms with Crippen LogP contribution in [0.15, 0.2) is 53.4 Å². The molecule has 0 aliphatic carbocycles. The highest BCUT2D eigenvalue weighted by Crippen LogP contribution is 2.32. The number of benzene rings is 2. The third kappa shape index (κ3) is 4.22. The maximum Gasteiger partial charge on any atom is 0.243 e. The summed E-state index contributed by atoms with van der Waals surface area (Å²) in [6.45, 7) is 5.15. The molecule has 0 saturated carbocycles. The van der Waals surface area contributed by atoms with Crippen LogP contribution < -0.4 is 0 Å². The number of aliphatic hydroxyl groups is 1. The first kappa shape index (κ1) is 21.5. The lowest BCUT2D eigenvalue weighted by Crippen LogP contribution is -2.42. The number of aliphatic hydroxyl groups excluding tert-OH is 1. The molecule has 0 bridgehead atoms. The molecule has 1 aromatic heterocycles. The normalized spacial score (nSPS) is 20.9. The number of nitrogens with zero attached hydrogens (tertiary/aromatic N) is 3. The van der Waals surface area contributed by atoms with Gasteiger partial charge in [0.15, 0.2) is 0 Å². The van der Waals surface area contributed by atoms with Crippen LogP contribution in [-0.2, 0) is 10.0 Å². The Morgan fingerprint density at radius 2 is 1.77 bits per heavy atom. The monoisotopic (exact) mass is 453 g/mol. The van der Waals surface area contributed by atoms with Crippen molar-refractivity contribution in [2.75, 3.05) is 13.1 Å². The van der Waals surface area contributed by atoms with E-state index in [2.05, 4.69) is 18.8 Å². The fourth-order valence-corrected chi connectivity index (χ4v) is 6.70. The van der Waals surface area contributed by atoms with E-state index in [0.717, 1.165) is 16.6 Å². The van der Waals surface area contributed by atoms with Gasteiger partial charge in [-0.15, -0.1) is 11.3 Å². The number of thiazole rings is 1. The summed E-state index contributed by atoms with van der Waals surface area (Å²) in [5.74, 6) is 0.416. The molecule has 2 atom stereocenters. The third-order valence-corrected chi connectivity index (χ3v) is 8.36. The maximum absolute atomic E-state index is 13.1. The largest absolute Gasteiger partial charge is 0.506 e. The molecule has 2 unspecified atom stereocenters. The lowest BCUT2D eigenvalue weighted by atomic mass is 9.94. The number of hydrogen-bond acceptors (Lipinski definition) is 6. The van der Waals surface area contributed by atoms with Gasteiger partial charge in [0.1, 0.15) is 22.4 Å². The Morgan fingerprint density at radius 3 is 2.39 bits per heavy atom. The van der Waals surface area contributed by atoms with Crippen LogP contribution >= 0.6 is 11.3 Å². The number of aromatic nitrogens is 1. The Morgan fingerprint density at radius 1 is 1.13 bits per heavy atom. The number of sulfonamides is 1. The zero-order valence-corrected chi connectivity index (χ0v) is 18.9. The van der Waals surface area contributed by atoms with Crippen molar-refractivity contribution >= 4 is 42.9 Å². The van der Waals surface area contributed by atoms with Crippen molar-refractivity contribution in [2.24, 2.45) is 11.8 Å². The number of allylic oxidation sites excluding steroid dienone is 1. The van der Waals surface area contributed by atoms with Gasteiger partial charge in [-0.25, -0.2) is 13.4 Å². The van der Waals surface area contributed by atoms with Crippen LogP contribution in [0.4, 0.5) is 0 Å². The second kappa shape index (κ2) is 8.42. The van der Waals surface area contributed by atoms with Gasteiger partial charge < -0.3 is 5.11 Å². The number of fused-ring (bicyclic) bond motifs is 1. The molecule has 1 N–H and O–H groups in total. The van der Waals surface area contributed by atoms with Gasteiger partial charge in [0, 0.05) is 18.7 Å². The Balaban J connectivity index is 1.65. The van der Waals surface area contributed by atoms with Crippen molar-refractivity contribution in [1.82, 2.24) is 9.29 Å². The van der Waals surface area contributed by atoms with Gasteiger partial charge in [0.05, 0.1) is 15.1 Å². The number of hydrogen-bond donors (Lipinski definition) is 1. The van der Waals surface area contributed by atoms with Crippen LogP contribution in [0.25, 0.3) is 21.5 Å². The van der Waals surface area contributed by atoms with Gasteiger partial charge in [-0.3, -0.25) is 0 Å². The first-order chi connectivity index (χ1) is 14.8. The highest BCUT2D eigenvalue weighted by atomic mass is 32.2. The van der Waals surface area contributed by atoms with Gasteiger partial charge in [-0.2, -0.15) is 9.57 Å². The molecular weight excluding hydrogens is 430 g/mol. The Kier molecular flexibility index (Phi) is 5.84. The predicted octanol–water partition coefficient (Wildman–Crippen LogP) is 4.91. The van der Waals surface area contributed by atoms with Crippen LogP contribution in [0.5, 0.6) is 0 Å². The third-order valence-electron chi connectivity index (χ3n) is 5.46. The minimum Gasteiger partial charge on any atom is -0.506 e. The summed E-state index contributed by atoms with van der Waals surface area (Å²) in [7, 11) is -3.61. The molecule has 8 heteroatoms. The fraction of sp³-hybridized carbons (Fsp3) is 0.304. The maximum atomic E-state index is 13.1. The molecule has 1 fully saturated rings. The summed E-state index contributed by atoms with van der Waals surface area (Å²) in [4.78, 5) is 4.62. The van der Waals surface area contributed by atoms with Crippen molar-refractivity contribution in [3.63, 3.8) is 0 Å². The first-order valence-corrected chi connectivity index (χ1v) is 12.3. The molecule has 1 aliphatic rings. The van der Waals surface area contributed by atoms with E-state index < -0.39 is 10.0 Å². The van der Waals surface area contributed by atoms with E-state index in [9.17, 15) is 18.8 Å². The molecule has 6 nitrogen and oxygen atoms in total. The molecule has 4 rings (SSSR count). The molecule has 1 aliphatic heterocycles. The summed E-state index contributed by atoms with van der Waals surface area (Å²) >= 11 is 1.33. The highest BCUT2D eigenvalue weighted by molar-refractivity contribution is 7.89. The molecule has 0 amide bonds. The van der Waals surface area contributed by atoms with Crippen LogP contribution in [0.2, 0.25) is 0 Å². The van der Waals surface area contributed by atoms with Crippen molar-refractivity contribution in [3.8, 4) is 6.07 Å². The van der Waals surface area contributed by atoms with Crippen molar-refractivity contribution in [3.05, 3.63) is 59.1 Å². The Labute approximate surface area is 186 Å². The number of para-hydroxylation sites is 1. The summed E-state index contributed by atoms with van der Waals surface area (Å²) < 4.78 is 28.6. The van der Waals surface area contributed by atoms with Gasteiger partial charge in [0.25, 0.3) is 0 Å². The first-order valence-electron chi connectivity index (χ1n) is 10.1. The second-order valence-electron chi connectivity index (χ2n) is 8.11. The lowest BCUT2D eigenvalue weighted by molar-refractivity contribution is 0.222. The van der Waals surface area contributed by atoms with Gasteiger partial charge in [-0.05, 0) is 54.7 Å². The van der Waals surface area contributed by atoms with E-state index in [1.807, 2.05) is 30.3 Å². The molecule has 0 radical (unpaired) electrons. The average Bonchev–Trinajstić information content (AvgIpc) is 3.17. The SMILES string of the molecule is CC1CC(C)CN(S(=O)(=O)c2ccc(/C(O)=C(/C#N)c3nc4ccccc4s3)cc2)C1. The van der Waals surface area contributed by atoms with Gasteiger partial charge in [-0.1, -0.05) is 26.0 Å². The summed E-state index contributed by atoms with van der Waals surface area (Å²) in [5.41, 5.74) is 1.19. The molecule has 31 heavy (non-hydrogen) atoms. The minimum atomic E-state index is -3.61. The van der Waals surface area contributed by atoms with Crippen molar-refractivity contribution < 1.29 is 13.5 Å². The predicted molar refractivity (Wildman–Crippen MR) is 123 cm³/mol. The van der Waals surface area contributed by atoms with Gasteiger partial charge in [0.2, 0.25) is 10.0 Å². The Bertz CT molecular complexity index is 1240. The summed E-state index contributed by atoms with van der Waals surface area (Å²) in [5, 5.41) is 20.8. The van der Waals surface area contributed by atoms with Crippen LogP contribution in [-0.4, -0.2) is 35.9 Å². The van der Waals surface area contributed by atoms with Crippen molar-refractivity contribution in [1.29, 1.82) is 5.26 Å². The molecule has 3 aromatic rings. The molecule has 0 spiro atoms. The summed E-state index contributed by atoms with van der Waals surface area (Å²) in [6.07, 6.45) is 1.02. The van der Waals surface area contributed by atoms with Crippen LogP contribution in [0.3, 0.4) is 0 Å². The average molecular weight is 454 g/mol. The molecule has 2 heterocycles. The highest BCUT2D eigenvalue weighted by Gasteiger charge is 2.31. The topological polar surface area (TPSA) is 94.3 Å². The lowest BCUT2D eigenvalue weighted by Gasteiger charge is -2.34. The van der Waals surface area contributed by atoms with Crippen molar-refractivity contribution in [2.45, 2.75) is 25.2 Å². The van der Waals surface area contributed by atoms with E-state index in [0.29, 0.717) is 35.5 Å². The van der Waals surface area contributed by atoms with Crippen LogP contribution in [0, 0.1) is 23.2 Å². The zero-order chi connectivity index (χ0) is 22.2. The zero-order valence-electron chi connectivity index (χ0n) is 17.3. The van der Waals surface area contributed by atoms with E-state index >= 15 is 0 Å². The number of rotatable bonds is 4. The van der Waals surface area contributed by atoms with E-state index in [1.54, 1.807) is 4.31 Å². The van der Waals surface area contributed by atoms with Crippen LogP contribution in [0.1, 0.15) is 30.8 Å². The Hall–Kier alpha value is -2.73. The molecular formula is C23H23N3O3S2. The van der Waals surface area contributed by atoms with Gasteiger partial charge >= 0.3 is 0 Å². The smallest absolute Gasteiger partial charge is 0.243 e.